The highest BCUT2D eigenvalue weighted by atomic mass is 32.2. The van der Waals surface area contributed by atoms with Gasteiger partial charge in [-0.1, -0.05) is 0 Å². The number of rotatable bonds is 7. The van der Waals surface area contributed by atoms with Crippen molar-refractivity contribution in [3.05, 3.63) is 81.1 Å². The number of nitrogens with one attached hydrogen (secondary N) is 1. The predicted molar refractivity (Wildman–Crippen MR) is 141 cm³/mol. The van der Waals surface area contributed by atoms with Crippen LogP contribution >= 0.6 is 11.3 Å². The maximum atomic E-state index is 13.5. The number of thiophene rings is 1. The lowest BCUT2D eigenvalue weighted by molar-refractivity contribution is -0.137. The van der Waals surface area contributed by atoms with Crippen LogP contribution < -0.4 is 10.9 Å². The molecule has 0 atom stereocenters. The summed E-state index contributed by atoms with van der Waals surface area (Å²) in [6, 6.07) is 8.73. The third-order valence-electron chi connectivity index (χ3n) is 5.68. The van der Waals surface area contributed by atoms with Gasteiger partial charge in [0, 0.05) is 30.4 Å². The number of halogens is 3. The molecule has 2 aromatic carbocycles. The lowest BCUT2D eigenvalue weighted by Crippen LogP contribution is -2.25. The zero-order valence-corrected chi connectivity index (χ0v) is 22.8. The molecule has 0 saturated carbocycles. The van der Waals surface area contributed by atoms with Gasteiger partial charge in [0.25, 0.3) is 11.5 Å². The molecule has 0 bridgehead atoms. The van der Waals surface area contributed by atoms with E-state index < -0.39 is 39.2 Å². The Labute approximate surface area is 229 Å². The minimum absolute atomic E-state index is 0.00528. The fraction of sp³-hybridized carbons (Fsp3) is 0.200. The van der Waals surface area contributed by atoms with E-state index in [0.29, 0.717) is 0 Å². The second-order valence-electron chi connectivity index (χ2n) is 8.45. The minimum atomic E-state index is -4.60. The van der Waals surface area contributed by atoms with E-state index in [0.717, 1.165) is 44.6 Å². The highest BCUT2D eigenvalue weighted by Gasteiger charge is 2.30. The van der Waals surface area contributed by atoms with Crippen molar-refractivity contribution in [2.45, 2.75) is 18.0 Å². The number of benzene rings is 2. The van der Waals surface area contributed by atoms with Gasteiger partial charge in [0.1, 0.15) is 5.00 Å². The van der Waals surface area contributed by atoms with E-state index in [9.17, 15) is 36.0 Å². The summed E-state index contributed by atoms with van der Waals surface area (Å²) in [5.41, 5.74) is -1.98. The average molecular weight is 595 g/mol. The van der Waals surface area contributed by atoms with E-state index in [1.807, 2.05) is 0 Å². The van der Waals surface area contributed by atoms with E-state index in [4.69, 9.17) is 4.74 Å². The SMILES string of the molecule is CCOC(=O)c1nn(-c2ccc(C(F)(F)F)cc2)c(=O)c2c(NC(=O)c3ccc(S(=O)(=O)N(C)C)cc3)scc12. The average Bonchev–Trinajstić information content (AvgIpc) is 3.32. The van der Waals surface area contributed by atoms with E-state index in [1.54, 1.807) is 6.92 Å². The van der Waals surface area contributed by atoms with Gasteiger partial charge in [0.2, 0.25) is 10.0 Å². The van der Waals surface area contributed by atoms with Crippen LogP contribution in [0.4, 0.5) is 18.2 Å². The normalized spacial score (nSPS) is 12.1. The van der Waals surface area contributed by atoms with Gasteiger partial charge in [-0.25, -0.2) is 17.5 Å². The topological polar surface area (TPSA) is 128 Å². The molecule has 0 aliphatic carbocycles. The number of esters is 1. The fourth-order valence-corrected chi connectivity index (χ4v) is 5.46. The predicted octanol–water partition coefficient (Wildman–Crippen LogP) is 4.15. The van der Waals surface area contributed by atoms with Crippen molar-refractivity contribution in [3.63, 3.8) is 0 Å². The molecule has 1 amide bonds. The van der Waals surface area contributed by atoms with Crippen molar-refractivity contribution in [1.29, 1.82) is 0 Å². The first-order valence-corrected chi connectivity index (χ1v) is 13.8. The van der Waals surface area contributed by atoms with Gasteiger partial charge in [-0.05, 0) is 55.5 Å². The number of sulfonamides is 1. The highest BCUT2D eigenvalue weighted by molar-refractivity contribution is 7.89. The Balaban J connectivity index is 1.78. The van der Waals surface area contributed by atoms with E-state index >= 15 is 0 Å². The number of alkyl halides is 3. The molecular weight excluding hydrogens is 573 g/mol. The van der Waals surface area contributed by atoms with Crippen molar-refractivity contribution in [2.75, 3.05) is 26.0 Å². The van der Waals surface area contributed by atoms with E-state index in [2.05, 4.69) is 10.4 Å². The second-order valence-corrected chi connectivity index (χ2v) is 11.5. The zero-order valence-electron chi connectivity index (χ0n) is 21.1. The Bertz CT molecular complexity index is 1760. The third-order valence-corrected chi connectivity index (χ3v) is 8.41. The minimum Gasteiger partial charge on any atom is -0.461 e. The van der Waals surface area contributed by atoms with Gasteiger partial charge < -0.3 is 10.1 Å². The first-order chi connectivity index (χ1) is 18.8. The number of amides is 1. The molecule has 0 spiro atoms. The molecule has 2 heterocycles. The van der Waals surface area contributed by atoms with Crippen LogP contribution in [0.15, 0.2) is 63.6 Å². The van der Waals surface area contributed by atoms with Gasteiger partial charge >= 0.3 is 12.1 Å². The van der Waals surface area contributed by atoms with Crippen LogP contribution in [0, 0.1) is 0 Å². The van der Waals surface area contributed by atoms with Crippen molar-refractivity contribution < 1.29 is 35.9 Å². The van der Waals surface area contributed by atoms with Crippen molar-refractivity contribution in [1.82, 2.24) is 14.1 Å². The lowest BCUT2D eigenvalue weighted by Gasteiger charge is -2.12. The van der Waals surface area contributed by atoms with Gasteiger partial charge in [0.15, 0.2) is 5.69 Å². The number of anilines is 1. The number of fused-ring (bicyclic) bond motifs is 1. The van der Waals surface area contributed by atoms with Gasteiger partial charge in [-0.3, -0.25) is 9.59 Å². The van der Waals surface area contributed by atoms with Crippen molar-refractivity contribution in [2.24, 2.45) is 0 Å². The van der Waals surface area contributed by atoms with Crippen LogP contribution in [0.3, 0.4) is 0 Å². The molecule has 0 aliphatic heterocycles. The summed E-state index contributed by atoms with van der Waals surface area (Å²) in [6.07, 6.45) is -4.60. The van der Waals surface area contributed by atoms with Crippen LogP contribution in [0.1, 0.15) is 33.3 Å². The molecule has 0 fully saturated rings. The molecule has 4 aromatic rings. The van der Waals surface area contributed by atoms with E-state index in [-0.39, 0.29) is 44.2 Å². The number of hydrogen-bond donors (Lipinski definition) is 1. The highest BCUT2D eigenvalue weighted by Crippen LogP contribution is 2.32. The number of carbonyl (C=O) groups excluding carboxylic acids is 2. The Morgan fingerprint density at radius 3 is 2.25 bits per heavy atom. The molecular formula is C25H21F3N4O6S2. The van der Waals surface area contributed by atoms with Crippen LogP contribution in [-0.2, 0) is 20.9 Å². The zero-order chi connectivity index (χ0) is 29.4. The quantitative estimate of drug-likeness (QED) is 0.319. The molecule has 15 heteroatoms. The van der Waals surface area contributed by atoms with Gasteiger partial charge in [0.05, 0.1) is 28.1 Å². The number of hydrogen-bond acceptors (Lipinski definition) is 8. The maximum Gasteiger partial charge on any atom is 0.416 e. The largest absolute Gasteiger partial charge is 0.461 e. The van der Waals surface area contributed by atoms with Crippen LogP contribution in [0.2, 0.25) is 0 Å². The lowest BCUT2D eigenvalue weighted by atomic mass is 10.2. The molecule has 4 rings (SSSR count). The van der Waals surface area contributed by atoms with Gasteiger partial charge in [-0.2, -0.15) is 23.0 Å². The number of nitrogens with zero attached hydrogens (tertiary/aromatic N) is 3. The van der Waals surface area contributed by atoms with Crippen LogP contribution in [0.5, 0.6) is 0 Å². The molecule has 1 N–H and O–H groups in total. The number of aromatic nitrogens is 2. The summed E-state index contributed by atoms with van der Waals surface area (Å²) >= 11 is 0.926. The monoisotopic (exact) mass is 594 g/mol. The smallest absolute Gasteiger partial charge is 0.416 e. The first kappa shape index (κ1) is 28.9. The third kappa shape index (κ3) is 5.48. The Kier molecular flexibility index (Phi) is 7.83. The number of carbonyl (C=O) groups is 2. The Hall–Kier alpha value is -4.08. The van der Waals surface area contributed by atoms with Crippen LogP contribution in [-0.4, -0.2) is 55.1 Å². The maximum absolute atomic E-state index is 13.5. The van der Waals surface area contributed by atoms with Crippen molar-refractivity contribution in [3.8, 4) is 5.69 Å². The summed E-state index contributed by atoms with van der Waals surface area (Å²) in [4.78, 5) is 39.1. The molecule has 40 heavy (non-hydrogen) atoms. The summed E-state index contributed by atoms with van der Waals surface area (Å²) < 4.78 is 70.5. The summed E-state index contributed by atoms with van der Waals surface area (Å²) in [5, 5.41) is 8.09. The van der Waals surface area contributed by atoms with E-state index in [1.165, 1.54) is 43.7 Å². The summed E-state index contributed by atoms with van der Waals surface area (Å²) in [5.74, 6) is -1.55. The molecule has 2 aromatic heterocycles. The number of ether oxygens (including phenoxy) is 1. The fourth-order valence-electron chi connectivity index (χ4n) is 3.62. The molecule has 10 nitrogen and oxygen atoms in total. The Morgan fingerprint density at radius 1 is 1.07 bits per heavy atom. The summed E-state index contributed by atoms with van der Waals surface area (Å²) in [6.45, 7) is 1.56. The van der Waals surface area contributed by atoms with Crippen molar-refractivity contribution >= 4 is 49.0 Å². The molecule has 0 unspecified atom stereocenters. The van der Waals surface area contributed by atoms with Crippen LogP contribution in [0.25, 0.3) is 16.5 Å². The standard InChI is InChI=1S/C25H21F3N4O6S2/c1-4-38-24(35)20-18-13-39-22(29-21(33)14-5-11-17(12-6-14)40(36,37)31(2)3)19(18)23(34)32(30-20)16-9-7-15(8-10-16)25(26,27)28/h5-13H,4H2,1-3H3,(H,29,33). The molecule has 0 saturated heterocycles. The first-order valence-electron chi connectivity index (χ1n) is 11.5. The molecule has 0 aliphatic rings. The Morgan fingerprint density at radius 2 is 1.70 bits per heavy atom. The second kappa shape index (κ2) is 10.8. The molecule has 210 valence electrons. The summed E-state index contributed by atoms with van der Waals surface area (Å²) in [7, 11) is -0.978. The molecule has 0 radical (unpaired) electrons. The van der Waals surface area contributed by atoms with Gasteiger partial charge in [-0.15, -0.1) is 11.3 Å².